The maximum Gasteiger partial charge on any atom is 0.338 e. The van der Waals surface area contributed by atoms with Crippen LogP contribution < -0.4 is 37.9 Å². The molecule has 0 saturated carbocycles. The van der Waals surface area contributed by atoms with Gasteiger partial charge in [-0.15, -0.1) is 0 Å². The number of pyridine rings is 2. The molecule has 106 heavy (non-hydrogen) atoms. The Hall–Kier alpha value is -6.96. The van der Waals surface area contributed by atoms with Crippen molar-refractivity contribution in [1.82, 2.24) is 9.97 Å². The molecule has 590 valence electrons. The van der Waals surface area contributed by atoms with Crippen molar-refractivity contribution in [2.75, 3.05) is 66.1 Å². The number of benzene rings is 4. The molecule has 0 aliphatic carbocycles. The molecular formula is C92H140N2O12. The SMILES string of the molecule is CCCCCCCCOc1cc(C(=O)OCCCCCCOc2cnc(-c3ncc(OCCCCCCOC(=O)c4cc(OCCCCCCCC)c(OCCCCCCCC)c(OCCCCCCCC)c4)c4ccccc34)c3ccccc23)cc(OCCCCCCCC)c1OCCCCCCCC. The molecular weight excluding hydrogens is 1330 g/mol. The Morgan fingerprint density at radius 2 is 0.453 bits per heavy atom. The number of nitrogens with zero attached hydrogens (tertiary/aromatic N) is 2. The third kappa shape index (κ3) is 34.5. The average Bonchev–Trinajstić information content (AvgIpc) is 0.758. The van der Waals surface area contributed by atoms with Crippen molar-refractivity contribution < 1.29 is 57.0 Å². The van der Waals surface area contributed by atoms with Crippen molar-refractivity contribution in [3.05, 3.63) is 96.3 Å². The van der Waals surface area contributed by atoms with Crippen molar-refractivity contribution in [3.8, 4) is 57.4 Å². The lowest BCUT2D eigenvalue weighted by atomic mass is 10.0. The van der Waals surface area contributed by atoms with Gasteiger partial charge in [0, 0.05) is 21.5 Å². The van der Waals surface area contributed by atoms with E-state index in [9.17, 15) is 9.59 Å². The number of fused-ring (bicyclic) bond motifs is 2. The van der Waals surface area contributed by atoms with E-state index in [1.54, 1.807) is 24.3 Å². The summed E-state index contributed by atoms with van der Waals surface area (Å²) < 4.78 is 63.6. The van der Waals surface area contributed by atoms with E-state index in [0.717, 1.165) is 173 Å². The fourth-order valence-corrected chi connectivity index (χ4v) is 13.4. The van der Waals surface area contributed by atoms with Gasteiger partial charge in [-0.3, -0.25) is 9.97 Å². The van der Waals surface area contributed by atoms with Crippen LogP contribution in [0.5, 0.6) is 46.0 Å². The number of carbonyl (C=O) groups excluding carboxylic acids is 2. The summed E-state index contributed by atoms with van der Waals surface area (Å²) in [7, 11) is 0. The van der Waals surface area contributed by atoms with Crippen LogP contribution in [-0.4, -0.2) is 88.0 Å². The van der Waals surface area contributed by atoms with Gasteiger partial charge in [0.2, 0.25) is 11.5 Å². The van der Waals surface area contributed by atoms with Gasteiger partial charge in [-0.25, -0.2) is 9.59 Å². The molecule has 4 aromatic carbocycles. The van der Waals surface area contributed by atoms with E-state index in [0.29, 0.717) is 112 Å². The summed E-state index contributed by atoms with van der Waals surface area (Å²) >= 11 is 0. The van der Waals surface area contributed by atoms with Crippen molar-refractivity contribution in [3.63, 3.8) is 0 Å². The van der Waals surface area contributed by atoms with E-state index < -0.39 is 0 Å². The van der Waals surface area contributed by atoms with Crippen molar-refractivity contribution in [2.24, 2.45) is 0 Å². The zero-order valence-electron chi connectivity index (χ0n) is 67.1. The Morgan fingerprint density at radius 1 is 0.245 bits per heavy atom. The highest BCUT2D eigenvalue weighted by Crippen LogP contribution is 2.43. The highest BCUT2D eigenvalue weighted by atomic mass is 16.6. The van der Waals surface area contributed by atoms with E-state index in [1.165, 1.54) is 154 Å². The minimum atomic E-state index is -0.382. The van der Waals surface area contributed by atoms with Crippen molar-refractivity contribution in [1.29, 1.82) is 0 Å². The van der Waals surface area contributed by atoms with Gasteiger partial charge in [0.05, 0.1) is 101 Å². The standard InChI is InChI=1S/C92H140N2O12/c1-7-13-19-25-31-45-59-97-81-69-75(70-82(98-60-46-32-26-20-14-8-2)89(81)103-65-51-35-29-23-17-11-5)91(95)105-67-53-39-37-49-63-101-85-73-93-87(79-57-43-41-55-77(79)85)88-80-58-44-42-56-78(80)86(74-94-88)102-64-50-38-40-54-68-106-92(96)76-71-83(99-61-47-33-27-21-15-9-3)90(104-66-52-36-30-24-18-12-6)84(72-76)100-62-48-34-28-22-16-10-4/h41-44,55-58,69-74H,7-40,45-54,59-68H2,1-6H3. The summed E-state index contributed by atoms with van der Waals surface area (Å²) in [5.74, 6) is 4.13. The summed E-state index contributed by atoms with van der Waals surface area (Å²) in [6.45, 7) is 18.5. The molecule has 0 fully saturated rings. The molecule has 2 aromatic heterocycles. The molecule has 2 heterocycles. The van der Waals surface area contributed by atoms with Gasteiger partial charge in [-0.2, -0.15) is 0 Å². The molecule has 6 aromatic rings. The van der Waals surface area contributed by atoms with Crippen LogP contribution in [0.25, 0.3) is 32.9 Å². The zero-order valence-corrected chi connectivity index (χ0v) is 67.1. The Kier molecular flexibility index (Phi) is 47.5. The van der Waals surface area contributed by atoms with Crippen LogP contribution in [0, 0.1) is 0 Å². The van der Waals surface area contributed by atoms with E-state index in [-0.39, 0.29) is 11.9 Å². The highest BCUT2D eigenvalue weighted by molar-refractivity contribution is 6.05. The molecule has 0 N–H and O–H groups in total. The van der Waals surface area contributed by atoms with E-state index >= 15 is 0 Å². The second-order valence-electron chi connectivity index (χ2n) is 29.1. The molecule has 0 amide bonds. The summed E-state index contributed by atoms with van der Waals surface area (Å²) in [5, 5.41) is 3.86. The largest absolute Gasteiger partial charge is 0.491 e. The van der Waals surface area contributed by atoms with E-state index in [1.807, 2.05) is 36.7 Å². The van der Waals surface area contributed by atoms with Crippen LogP contribution in [0.3, 0.4) is 0 Å². The smallest absolute Gasteiger partial charge is 0.338 e. The second-order valence-corrected chi connectivity index (χ2v) is 29.1. The Morgan fingerprint density at radius 3 is 0.708 bits per heavy atom. The molecule has 0 unspecified atom stereocenters. The number of carbonyl (C=O) groups is 2. The van der Waals surface area contributed by atoms with Crippen molar-refractivity contribution >= 4 is 33.5 Å². The Bertz CT molecular complexity index is 2990. The van der Waals surface area contributed by atoms with Gasteiger partial charge >= 0.3 is 11.9 Å². The molecule has 0 bridgehead atoms. The highest BCUT2D eigenvalue weighted by Gasteiger charge is 2.23. The summed E-state index contributed by atoms with van der Waals surface area (Å²) in [6.07, 6.45) is 52.2. The lowest BCUT2D eigenvalue weighted by Gasteiger charge is -2.19. The number of unbranched alkanes of at least 4 members (excludes halogenated alkanes) is 36. The Labute approximate surface area is 640 Å². The van der Waals surface area contributed by atoms with Gasteiger partial charge in [-0.1, -0.05) is 283 Å². The van der Waals surface area contributed by atoms with Gasteiger partial charge in [-0.05, 0) is 114 Å². The minimum absolute atomic E-state index is 0.313. The first-order valence-electron chi connectivity index (χ1n) is 42.8. The quantitative estimate of drug-likeness (QED) is 0.0263. The average molecular weight is 1470 g/mol. The maximum atomic E-state index is 13.8. The molecule has 0 aliphatic heterocycles. The minimum Gasteiger partial charge on any atom is -0.491 e. The molecule has 0 aliphatic rings. The van der Waals surface area contributed by atoms with Crippen LogP contribution in [0.4, 0.5) is 0 Å². The van der Waals surface area contributed by atoms with Gasteiger partial charge in [0.15, 0.2) is 23.0 Å². The molecule has 14 heteroatoms. The normalized spacial score (nSPS) is 11.3. The van der Waals surface area contributed by atoms with Crippen LogP contribution >= 0.6 is 0 Å². The predicted molar refractivity (Wildman–Crippen MR) is 437 cm³/mol. The first kappa shape index (κ1) is 87.9. The molecule has 14 nitrogen and oxygen atoms in total. The number of aromatic nitrogens is 2. The number of hydrogen-bond acceptors (Lipinski definition) is 14. The van der Waals surface area contributed by atoms with Crippen molar-refractivity contribution in [2.45, 2.75) is 324 Å². The first-order chi connectivity index (χ1) is 52.3. The molecule has 6 rings (SSSR count). The molecule has 0 spiro atoms. The molecule has 0 atom stereocenters. The van der Waals surface area contributed by atoms with Crippen LogP contribution in [0.1, 0.15) is 345 Å². The van der Waals surface area contributed by atoms with Gasteiger partial charge in [0.1, 0.15) is 11.5 Å². The van der Waals surface area contributed by atoms with Crippen LogP contribution in [-0.2, 0) is 9.47 Å². The number of rotatable bonds is 67. The number of ether oxygens (including phenoxy) is 10. The van der Waals surface area contributed by atoms with E-state index in [4.69, 9.17) is 57.3 Å². The lowest BCUT2D eigenvalue weighted by Crippen LogP contribution is -2.11. The summed E-state index contributed by atoms with van der Waals surface area (Å²) in [6, 6.07) is 23.7. The summed E-state index contributed by atoms with van der Waals surface area (Å²) in [4.78, 5) is 37.7. The zero-order chi connectivity index (χ0) is 75.0. The third-order valence-corrected chi connectivity index (χ3v) is 19.8. The summed E-state index contributed by atoms with van der Waals surface area (Å²) in [5.41, 5.74) is 2.41. The van der Waals surface area contributed by atoms with Crippen LogP contribution in [0.15, 0.2) is 85.2 Å². The predicted octanol–water partition coefficient (Wildman–Crippen LogP) is 26.5. The van der Waals surface area contributed by atoms with Gasteiger partial charge < -0.3 is 47.4 Å². The lowest BCUT2D eigenvalue weighted by molar-refractivity contribution is 0.0487. The maximum absolute atomic E-state index is 13.8. The number of esters is 2. The number of hydrogen-bond donors (Lipinski definition) is 0. The second kappa shape index (κ2) is 57.2. The fourth-order valence-electron chi connectivity index (χ4n) is 13.4. The third-order valence-electron chi connectivity index (χ3n) is 19.8. The topological polar surface area (TPSA) is 152 Å². The van der Waals surface area contributed by atoms with Gasteiger partial charge in [0.25, 0.3) is 0 Å². The molecule has 0 radical (unpaired) electrons. The van der Waals surface area contributed by atoms with E-state index in [2.05, 4.69) is 65.8 Å². The molecule has 0 saturated heterocycles. The Balaban J connectivity index is 0.982. The van der Waals surface area contributed by atoms with Crippen LogP contribution in [0.2, 0.25) is 0 Å². The monoisotopic (exact) mass is 1470 g/mol. The fraction of sp³-hybridized carbons (Fsp3) is 0.652. The first-order valence-corrected chi connectivity index (χ1v) is 42.8.